The lowest BCUT2D eigenvalue weighted by molar-refractivity contribution is -0.144. The Morgan fingerprint density at radius 1 is 0.903 bits per heavy atom. The minimum absolute atomic E-state index is 0.0669. The van der Waals surface area contributed by atoms with Crippen LogP contribution in [0.4, 0.5) is 0 Å². The number of rotatable bonds is 6. The number of esters is 1. The molecule has 4 rings (SSSR count). The van der Waals surface area contributed by atoms with Gasteiger partial charge in [-0.05, 0) is 48.4 Å². The van der Waals surface area contributed by atoms with Gasteiger partial charge in [-0.3, -0.25) is 14.2 Å². The van der Waals surface area contributed by atoms with Gasteiger partial charge in [-0.25, -0.2) is 0 Å². The second kappa shape index (κ2) is 8.88. The van der Waals surface area contributed by atoms with E-state index in [2.05, 4.69) is 0 Å². The van der Waals surface area contributed by atoms with E-state index in [0.29, 0.717) is 17.0 Å². The van der Waals surface area contributed by atoms with Crippen LogP contribution in [0, 0.1) is 6.92 Å². The van der Waals surface area contributed by atoms with Gasteiger partial charge in [0, 0.05) is 16.6 Å². The molecule has 0 atom stereocenters. The predicted molar refractivity (Wildman–Crippen MR) is 119 cm³/mol. The third-order valence-electron chi connectivity index (χ3n) is 5.33. The van der Waals surface area contributed by atoms with Gasteiger partial charge < -0.3 is 9.47 Å². The van der Waals surface area contributed by atoms with Crippen LogP contribution in [-0.4, -0.2) is 23.6 Å². The smallest absolute Gasteiger partial charge is 0.310 e. The molecular weight excluding hydrogens is 390 g/mol. The number of aromatic nitrogens is 1. The molecule has 5 heteroatoms. The van der Waals surface area contributed by atoms with Crippen molar-refractivity contribution in [3.63, 3.8) is 0 Å². The summed E-state index contributed by atoms with van der Waals surface area (Å²) in [6.07, 6.45) is 0.0669. The zero-order chi connectivity index (χ0) is 21.8. The Bertz CT molecular complexity index is 1230. The highest BCUT2D eigenvalue weighted by molar-refractivity contribution is 6.04. The number of fused-ring (bicyclic) bond motifs is 1. The summed E-state index contributed by atoms with van der Waals surface area (Å²) in [7, 11) is 1.59. The number of nitrogens with zero attached hydrogens (tertiary/aromatic N) is 1. The largest absolute Gasteiger partial charge is 0.497 e. The van der Waals surface area contributed by atoms with Crippen LogP contribution in [0.15, 0.2) is 78.9 Å². The first kappa shape index (κ1) is 20.4. The van der Waals surface area contributed by atoms with E-state index in [4.69, 9.17) is 9.47 Å². The number of methoxy groups -OCH3 is 1. The van der Waals surface area contributed by atoms with Crippen LogP contribution < -0.4 is 4.74 Å². The van der Waals surface area contributed by atoms with E-state index in [1.165, 1.54) is 0 Å². The first-order valence-electron chi connectivity index (χ1n) is 10.1. The molecule has 156 valence electrons. The molecule has 0 fully saturated rings. The Morgan fingerprint density at radius 2 is 1.58 bits per heavy atom. The molecule has 0 unspecified atom stereocenters. The second-order valence-corrected chi connectivity index (χ2v) is 7.28. The van der Waals surface area contributed by atoms with Gasteiger partial charge in [-0.2, -0.15) is 0 Å². The number of carbonyl (C=O) groups excluding carboxylic acids is 2. The third-order valence-corrected chi connectivity index (χ3v) is 5.33. The predicted octanol–water partition coefficient (Wildman–Crippen LogP) is 4.93. The van der Waals surface area contributed by atoms with E-state index in [0.717, 1.165) is 22.0 Å². The van der Waals surface area contributed by atoms with Gasteiger partial charge in [0.25, 0.3) is 5.91 Å². The Hall–Kier alpha value is -3.86. The van der Waals surface area contributed by atoms with E-state index in [1.54, 1.807) is 23.8 Å². The molecule has 0 bridgehead atoms. The fourth-order valence-electron chi connectivity index (χ4n) is 3.72. The van der Waals surface area contributed by atoms with Gasteiger partial charge in [-0.1, -0.05) is 48.5 Å². The van der Waals surface area contributed by atoms with Crippen molar-refractivity contribution < 1.29 is 19.1 Å². The molecule has 0 amide bonds. The molecule has 0 aliphatic rings. The maximum atomic E-state index is 13.3. The van der Waals surface area contributed by atoms with Crippen LogP contribution in [0.5, 0.6) is 5.75 Å². The highest BCUT2D eigenvalue weighted by Gasteiger charge is 2.22. The number of hydrogen-bond donors (Lipinski definition) is 0. The first-order chi connectivity index (χ1) is 15.1. The van der Waals surface area contributed by atoms with Crippen LogP contribution >= 0.6 is 0 Å². The quantitative estimate of drug-likeness (QED) is 0.421. The van der Waals surface area contributed by atoms with E-state index in [1.807, 2.05) is 73.7 Å². The molecule has 4 aromatic rings. The van der Waals surface area contributed by atoms with Crippen molar-refractivity contribution in [3.8, 4) is 5.75 Å². The summed E-state index contributed by atoms with van der Waals surface area (Å²) < 4.78 is 12.5. The molecule has 1 aromatic heterocycles. The van der Waals surface area contributed by atoms with Gasteiger partial charge in [0.05, 0.1) is 19.0 Å². The van der Waals surface area contributed by atoms with E-state index in [-0.39, 0.29) is 24.9 Å². The van der Waals surface area contributed by atoms with E-state index in [9.17, 15) is 9.59 Å². The van der Waals surface area contributed by atoms with E-state index >= 15 is 0 Å². The summed E-state index contributed by atoms with van der Waals surface area (Å²) >= 11 is 0. The van der Waals surface area contributed by atoms with Crippen LogP contribution in [0.3, 0.4) is 0 Å². The highest BCUT2D eigenvalue weighted by atomic mass is 16.5. The van der Waals surface area contributed by atoms with Crippen molar-refractivity contribution in [2.75, 3.05) is 7.11 Å². The fourth-order valence-corrected chi connectivity index (χ4v) is 3.72. The Balaban J connectivity index is 1.69. The van der Waals surface area contributed by atoms with Gasteiger partial charge in [0.1, 0.15) is 12.4 Å². The Morgan fingerprint density at radius 3 is 2.26 bits per heavy atom. The lowest BCUT2D eigenvalue weighted by atomic mass is 10.1. The molecule has 0 radical (unpaired) electrons. The molecule has 1 heterocycles. The van der Waals surface area contributed by atoms with Crippen LogP contribution in [0.25, 0.3) is 10.9 Å². The second-order valence-electron chi connectivity index (χ2n) is 7.28. The highest BCUT2D eigenvalue weighted by Crippen LogP contribution is 2.31. The molecule has 5 nitrogen and oxygen atoms in total. The first-order valence-corrected chi connectivity index (χ1v) is 10.1. The van der Waals surface area contributed by atoms with Crippen molar-refractivity contribution in [2.45, 2.75) is 20.0 Å². The molecule has 31 heavy (non-hydrogen) atoms. The summed E-state index contributed by atoms with van der Waals surface area (Å²) in [5, 5.41) is 0.804. The summed E-state index contributed by atoms with van der Waals surface area (Å²) in [5.41, 5.74) is 3.72. The molecule has 3 aromatic carbocycles. The zero-order valence-corrected chi connectivity index (χ0v) is 17.5. The fraction of sp³-hybridized carbons (Fsp3) is 0.154. The molecule has 0 saturated carbocycles. The standard InChI is InChI=1S/C26H23NO4/c1-18-22(16-25(28)31-17-19-9-5-3-6-10-19)23-15-21(30-2)13-14-24(23)27(18)26(29)20-11-7-4-8-12-20/h3-15H,16-17H2,1-2H3. The summed E-state index contributed by atoms with van der Waals surface area (Å²) in [5.74, 6) is 0.175. The lowest BCUT2D eigenvalue weighted by Crippen LogP contribution is -2.14. The number of hydrogen-bond acceptors (Lipinski definition) is 4. The average molecular weight is 413 g/mol. The molecule has 0 aliphatic carbocycles. The maximum absolute atomic E-state index is 13.3. The van der Waals surface area contributed by atoms with Crippen molar-refractivity contribution in [1.29, 1.82) is 0 Å². The van der Waals surface area contributed by atoms with Crippen molar-refractivity contribution >= 4 is 22.8 Å². The summed E-state index contributed by atoms with van der Waals surface area (Å²) in [6, 6.07) is 24.2. The Kier molecular flexibility index (Phi) is 5.85. The van der Waals surface area contributed by atoms with Gasteiger partial charge in [0.2, 0.25) is 0 Å². The van der Waals surface area contributed by atoms with Gasteiger partial charge in [-0.15, -0.1) is 0 Å². The Labute approximate surface area is 180 Å². The topological polar surface area (TPSA) is 57.5 Å². The molecule has 0 spiro atoms. The van der Waals surface area contributed by atoms with Gasteiger partial charge in [0.15, 0.2) is 0 Å². The van der Waals surface area contributed by atoms with Gasteiger partial charge >= 0.3 is 5.97 Å². The minimum Gasteiger partial charge on any atom is -0.497 e. The maximum Gasteiger partial charge on any atom is 0.310 e. The number of ether oxygens (including phenoxy) is 2. The SMILES string of the molecule is COc1ccc2c(c1)c(CC(=O)OCc1ccccc1)c(C)n2C(=O)c1ccccc1. The number of carbonyl (C=O) groups is 2. The van der Waals surface area contributed by atoms with Crippen LogP contribution in [-0.2, 0) is 22.6 Å². The van der Waals surface area contributed by atoms with Crippen molar-refractivity contribution in [3.05, 3.63) is 101 Å². The average Bonchev–Trinajstić information content (AvgIpc) is 3.09. The van der Waals surface area contributed by atoms with E-state index < -0.39 is 0 Å². The summed E-state index contributed by atoms with van der Waals surface area (Å²) in [6.45, 7) is 2.07. The molecular formula is C26H23NO4. The molecule has 0 aliphatic heterocycles. The third kappa shape index (κ3) is 4.21. The number of benzene rings is 3. The van der Waals surface area contributed by atoms with Crippen LogP contribution in [0.2, 0.25) is 0 Å². The molecule has 0 saturated heterocycles. The lowest BCUT2D eigenvalue weighted by Gasteiger charge is -2.08. The minimum atomic E-state index is -0.346. The summed E-state index contributed by atoms with van der Waals surface area (Å²) in [4.78, 5) is 25.9. The molecule has 0 N–H and O–H groups in total. The zero-order valence-electron chi connectivity index (χ0n) is 17.5. The van der Waals surface area contributed by atoms with Crippen molar-refractivity contribution in [1.82, 2.24) is 4.57 Å². The van der Waals surface area contributed by atoms with Crippen LogP contribution in [0.1, 0.15) is 27.2 Å². The normalized spacial score (nSPS) is 10.8. The monoisotopic (exact) mass is 413 g/mol. The van der Waals surface area contributed by atoms with Crippen molar-refractivity contribution in [2.24, 2.45) is 0 Å².